The summed E-state index contributed by atoms with van der Waals surface area (Å²) in [5, 5.41) is 5.81. The Bertz CT molecular complexity index is 733. The van der Waals surface area contributed by atoms with Crippen LogP contribution in [0.1, 0.15) is 11.1 Å². The Morgan fingerprint density at radius 1 is 1.12 bits per heavy atom. The SMILES string of the molecule is CSc1cccc(NC(=O)NCc2cccc(CN3CCOCC3)c2)c1. The molecule has 1 heterocycles. The van der Waals surface area contributed by atoms with Gasteiger partial charge in [0.1, 0.15) is 0 Å². The van der Waals surface area contributed by atoms with Crippen LogP contribution in [0.3, 0.4) is 0 Å². The molecule has 0 spiro atoms. The molecule has 0 radical (unpaired) electrons. The highest BCUT2D eigenvalue weighted by atomic mass is 32.2. The summed E-state index contributed by atoms with van der Waals surface area (Å²) in [6, 6.07) is 16.0. The fraction of sp³-hybridized carbons (Fsp3) is 0.350. The molecule has 0 aromatic heterocycles. The molecule has 5 nitrogen and oxygen atoms in total. The van der Waals surface area contributed by atoms with Crippen molar-refractivity contribution in [2.75, 3.05) is 37.9 Å². The zero-order valence-electron chi connectivity index (χ0n) is 15.0. The van der Waals surface area contributed by atoms with Crippen LogP contribution >= 0.6 is 11.8 Å². The van der Waals surface area contributed by atoms with E-state index in [-0.39, 0.29) is 6.03 Å². The molecule has 6 heteroatoms. The molecule has 1 aliphatic heterocycles. The molecule has 1 saturated heterocycles. The minimum atomic E-state index is -0.193. The van der Waals surface area contributed by atoms with Crippen molar-refractivity contribution in [3.63, 3.8) is 0 Å². The molecule has 0 aliphatic carbocycles. The van der Waals surface area contributed by atoms with Crippen LogP contribution in [0, 0.1) is 0 Å². The lowest BCUT2D eigenvalue weighted by atomic mass is 10.1. The van der Waals surface area contributed by atoms with Gasteiger partial charge in [-0.3, -0.25) is 4.90 Å². The second-order valence-corrected chi connectivity index (χ2v) is 7.13. The fourth-order valence-electron chi connectivity index (χ4n) is 2.91. The fourth-order valence-corrected chi connectivity index (χ4v) is 3.37. The summed E-state index contributed by atoms with van der Waals surface area (Å²) in [6.07, 6.45) is 2.02. The lowest BCUT2D eigenvalue weighted by molar-refractivity contribution is 0.0342. The number of benzene rings is 2. The van der Waals surface area contributed by atoms with Crippen molar-refractivity contribution in [1.82, 2.24) is 10.2 Å². The summed E-state index contributed by atoms with van der Waals surface area (Å²) in [7, 11) is 0. The monoisotopic (exact) mass is 371 g/mol. The van der Waals surface area contributed by atoms with Crippen molar-refractivity contribution >= 4 is 23.5 Å². The number of thioether (sulfide) groups is 1. The molecule has 0 atom stereocenters. The van der Waals surface area contributed by atoms with Crippen LogP contribution in [-0.2, 0) is 17.8 Å². The Kier molecular flexibility index (Phi) is 6.94. The van der Waals surface area contributed by atoms with Gasteiger partial charge in [-0.25, -0.2) is 4.79 Å². The second kappa shape index (κ2) is 9.62. The highest BCUT2D eigenvalue weighted by Crippen LogP contribution is 2.18. The van der Waals surface area contributed by atoms with Gasteiger partial charge in [-0.2, -0.15) is 0 Å². The van der Waals surface area contributed by atoms with Crippen molar-refractivity contribution in [2.45, 2.75) is 18.0 Å². The van der Waals surface area contributed by atoms with Crippen molar-refractivity contribution in [3.8, 4) is 0 Å². The molecular weight excluding hydrogens is 346 g/mol. The van der Waals surface area contributed by atoms with E-state index < -0.39 is 0 Å². The van der Waals surface area contributed by atoms with Crippen molar-refractivity contribution in [2.24, 2.45) is 0 Å². The first-order valence-electron chi connectivity index (χ1n) is 8.80. The third-order valence-electron chi connectivity index (χ3n) is 4.28. The van der Waals surface area contributed by atoms with Gasteiger partial charge in [0.15, 0.2) is 0 Å². The topological polar surface area (TPSA) is 53.6 Å². The summed E-state index contributed by atoms with van der Waals surface area (Å²) in [5.41, 5.74) is 3.17. The van der Waals surface area contributed by atoms with Gasteiger partial charge in [-0.15, -0.1) is 11.8 Å². The van der Waals surface area contributed by atoms with Crippen LogP contribution in [0.2, 0.25) is 0 Å². The Morgan fingerprint density at radius 2 is 1.88 bits per heavy atom. The number of carbonyl (C=O) groups is 1. The van der Waals surface area contributed by atoms with E-state index in [0.717, 1.165) is 49.0 Å². The smallest absolute Gasteiger partial charge is 0.319 e. The quantitative estimate of drug-likeness (QED) is 0.763. The molecule has 2 aromatic rings. The lowest BCUT2D eigenvalue weighted by Crippen LogP contribution is -2.35. The van der Waals surface area contributed by atoms with Gasteiger partial charge < -0.3 is 15.4 Å². The van der Waals surface area contributed by atoms with E-state index in [9.17, 15) is 4.79 Å². The van der Waals surface area contributed by atoms with Gasteiger partial charge >= 0.3 is 6.03 Å². The largest absolute Gasteiger partial charge is 0.379 e. The van der Waals surface area contributed by atoms with E-state index in [0.29, 0.717) is 6.54 Å². The van der Waals surface area contributed by atoms with Crippen LogP contribution in [0.5, 0.6) is 0 Å². The number of hydrogen-bond acceptors (Lipinski definition) is 4. The molecule has 2 amide bonds. The maximum absolute atomic E-state index is 12.1. The normalized spacial score (nSPS) is 14.8. The average molecular weight is 372 g/mol. The van der Waals surface area contributed by atoms with E-state index in [1.165, 1.54) is 5.56 Å². The number of nitrogens with zero attached hydrogens (tertiary/aromatic N) is 1. The number of morpholine rings is 1. The molecule has 2 aromatic carbocycles. The molecule has 2 N–H and O–H groups in total. The molecular formula is C20H25N3O2S. The third-order valence-corrected chi connectivity index (χ3v) is 5.01. The van der Waals surface area contributed by atoms with E-state index >= 15 is 0 Å². The van der Waals surface area contributed by atoms with E-state index in [1.54, 1.807) is 11.8 Å². The van der Waals surface area contributed by atoms with Crippen molar-refractivity contribution in [3.05, 3.63) is 59.7 Å². The predicted octanol–water partition coefficient (Wildman–Crippen LogP) is 3.56. The summed E-state index contributed by atoms with van der Waals surface area (Å²) >= 11 is 1.65. The molecule has 0 unspecified atom stereocenters. The predicted molar refractivity (Wildman–Crippen MR) is 107 cm³/mol. The number of nitrogens with one attached hydrogen (secondary N) is 2. The van der Waals surface area contributed by atoms with Gasteiger partial charge in [0.05, 0.1) is 13.2 Å². The first-order chi connectivity index (χ1) is 12.7. The van der Waals surface area contributed by atoms with Gasteiger partial charge in [0.2, 0.25) is 0 Å². The number of urea groups is 1. The number of anilines is 1. The highest BCUT2D eigenvalue weighted by Gasteiger charge is 2.11. The van der Waals surface area contributed by atoms with Gasteiger partial charge in [0.25, 0.3) is 0 Å². The zero-order valence-corrected chi connectivity index (χ0v) is 15.8. The Labute approximate surface area is 159 Å². The minimum absolute atomic E-state index is 0.193. The van der Waals surface area contributed by atoms with Gasteiger partial charge in [-0.05, 0) is 35.6 Å². The number of ether oxygens (including phenoxy) is 1. The Hall–Kier alpha value is -2.02. The van der Waals surface area contributed by atoms with Gasteiger partial charge in [-0.1, -0.05) is 30.3 Å². The summed E-state index contributed by atoms with van der Waals surface area (Å²) in [5.74, 6) is 0. The molecule has 0 saturated carbocycles. The van der Waals surface area contributed by atoms with Crippen LogP contribution < -0.4 is 10.6 Å². The highest BCUT2D eigenvalue weighted by molar-refractivity contribution is 7.98. The van der Waals surface area contributed by atoms with E-state index in [1.807, 2.05) is 42.7 Å². The molecule has 0 bridgehead atoms. The standard InChI is InChI=1S/C20H25N3O2S/c1-26-19-7-3-6-18(13-19)22-20(24)21-14-16-4-2-5-17(12-16)15-23-8-10-25-11-9-23/h2-7,12-13H,8-11,14-15H2,1H3,(H2,21,22,24). The molecule has 1 fully saturated rings. The van der Waals surface area contributed by atoms with E-state index in [2.05, 4.69) is 27.7 Å². The number of hydrogen-bond donors (Lipinski definition) is 2. The molecule has 3 rings (SSSR count). The van der Waals surface area contributed by atoms with E-state index in [4.69, 9.17) is 4.74 Å². The summed E-state index contributed by atoms with van der Waals surface area (Å²) in [6.45, 7) is 4.98. The van der Waals surface area contributed by atoms with Crippen LogP contribution in [0.15, 0.2) is 53.4 Å². The molecule has 1 aliphatic rings. The Balaban J connectivity index is 1.50. The van der Waals surface area contributed by atoms with Crippen molar-refractivity contribution < 1.29 is 9.53 Å². The number of amides is 2. The Morgan fingerprint density at radius 3 is 2.69 bits per heavy atom. The van der Waals surface area contributed by atoms with Crippen LogP contribution in [-0.4, -0.2) is 43.5 Å². The maximum atomic E-state index is 12.1. The first kappa shape index (κ1) is 18.8. The molecule has 26 heavy (non-hydrogen) atoms. The van der Waals surface area contributed by atoms with Crippen molar-refractivity contribution in [1.29, 1.82) is 0 Å². The van der Waals surface area contributed by atoms with Crippen LogP contribution in [0.4, 0.5) is 10.5 Å². The third kappa shape index (κ3) is 5.76. The zero-order chi connectivity index (χ0) is 18.2. The lowest BCUT2D eigenvalue weighted by Gasteiger charge is -2.26. The second-order valence-electron chi connectivity index (χ2n) is 6.25. The minimum Gasteiger partial charge on any atom is -0.379 e. The first-order valence-corrected chi connectivity index (χ1v) is 10.0. The summed E-state index contributed by atoms with van der Waals surface area (Å²) < 4.78 is 5.39. The summed E-state index contributed by atoms with van der Waals surface area (Å²) in [4.78, 5) is 15.7. The van der Waals surface area contributed by atoms with Crippen LogP contribution in [0.25, 0.3) is 0 Å². The number of carbonyl (C=O) groups excluding carboxylic acids is 1. The molecule has 138 valence electrons. The van der Waals surface area contributed by atoms with Gasteiger partial charge in [0, 0.05) is 36.8 Å². The maximum Gasteiger partial charge on any atom is 0.319 e. The number of rotatable bonds is 6. The average Bonchev–Trinajstić information content (AvgIpc) is 2.68.